The van der Waals surface area contributed by atoms with Crippen LogP contribution in [0.5, 0.6) is 0 Å². The number of aromatic nitrogens is 2. The SMILES string of the molecule is CC(C)NCc1cncc(N(Cc2ccsc2)C2CC2)n1. The zero-order valence-electron chi connectivity index (χ0n) is 12.6. The maximum Gasteiger partial charge on any atom is 0.148 e. The third-order valence-corrected chi connectivity index (χ3v) is 4.31. The summed E-state index contributed by atoms with van der Waals surface area (Å²) in [4.78, 5) is 11.6. The molecule has 0 unspecified atom stereocenters. The number of rotatable bonds is 7. The van der Waals surface area contributed by atoms with E-state index in [4.69, 9.17) is 4.98 Å². The number of hydrogen-bond acceptors (Lipinski definition) is 5. The minimum Gasteiger partial charge on any atom is -0.348 e. The third kappa shape index (κ3) is 4.02. The van der Waals surface area contributed by atoms with Gasteiger partial charge in [-0.15, -0.1) is 0 Å². The fourth-order valence-electron chi connectivity index (χ4n) is 2.29. The molecular weight excluding hydrogens is 280 g/mol. The molecule has 1 saturated carbocycles. The maximum absolute atomic E-state index is 4.79. The molecule has 112 valence electrons. The zero-order valence-corrected chi connectivity index (χ0v) is 13.4. The van der Waals surface area contributed by atoms with Crippen molar-refractivity contribution in [3.8, 4) is 0 Å². The molecule has 1 N–H and O–H groups in total. The first-order valence-corrected chi connectivity index (χ1v) is 8.48. The van der Waals surface area contributed by atoms with Gasteiger partial charge in [-0.05, 0) is 35.2 Å². The van der Waals surface area contributed by atoms with Crippen LogP contribution in [-0.4, -0.2) is 22.1 Å². The largest absolute Gasteiger partial charge is 0.348 e. The lowest BCUT2D eigenvalue weighted by Crippen LogP contribution is -2.27. The van der Waals surface area contributed by atoms with Gasteiger partial charge >= 0.3 is 0 Å². The van der Waals surface area contributed by atoms with E-state index in [1.54, 1.807) is 11.3 Å². The molecule has 0 saturated heterocycles. The second-order valence-electron chi connectivity index (χ2n) is 5.89. The molecule has 2 aromatic heterocycles. The highest BCUT2D eigenvalue weighted by atomic mass is 32.1. The second-order valence-corrected chi connectivity index (χ2v) is 6.67. The van der Waals surface area contributed by atoms with Gasteiger partial charge in [0, 0.05) is 31.4 Å². The summed E-state index contributed by atoms with van der Waals surface area (Å²) in [6.45, 7) is 5.99. The molecule has 21 heavy (non-hydrogen) atoms. The van der Waals surface area contributed by atoms with Gasteiger partial charge in [-0.3, -0.25) is 4.98 Å². The lowest BCUT2D eigenvalue weighted by molar-refractivity contribution is 0.579. The number of nitrogens with zero attached hydrogens (tertiary/aromatic N) is 3. The van der Waals surface area contributed by atoms with Crippen LogP contribution >= 0.6 is 11.3 Å². The monoisotopic (exact) mass is 302 g/mol. The van der Waals surface area contributed by atoms with E-state index < -0.39 is 0 Å². The van der Waals surface area contributed by atoms with Crippen LogP contribution in [0.15, 0.2) is 29.2 Å². The molecule has 1 aliphatic rings. The lowest BCUT2D eigenvalue weighted by atomic mass is 10.3. The van der Waals surface area contributed by atoms with Crippen molar-refractivity contribution >= 4 is 17.2 Å². The van der Waals surface area contributed by atoms with Crippen molar-refractivity contribution in [3.63, 3.8) is 0 Å². The maximum atomic E-state index is 4.79. The summed E-state index contributed by atoms with van der Waals surface area (Å²) in [5.74, 6) is 1.01. The van der Waals surface area contributed by atoms with E-state index in [9.17, 15) is 0 Å². The molecule has 3 rings (SSSR count). The molecule has 0 bridgehead atoms. The summed E-state index contributed by atoms with van der Waals surface area (Å²) < 4.78 is 0. The van der Waals surface area contributed by atoms with Gasteiger partial charge in [0.1, 0.15) is 5.82 Å². The Balaban J connectivity index is 1.74. The molecule has 5 heteroatoms. The lowest BCUT2D eigenvalue weighted by Gasteiger charge is -2.23. The molecule has 0 atom stereocenters. The first-order chi connectivity index (χ1) is 10.2. The average Bonchev–Trinajstić information content (AvgIpc) is 3.19. The molecular formula is C16H22N4S. The van der Waals surface area contributed by atoms with Gasteiger partial charge < -0.3 is 10.2 Å². The minimum absolute atomic E-state index is 0.459. The van der Waals surface area contributed by atoms with Crippen LogP contribution in [0.2, 0.25) is 0 Å². The van der Waals surface area contributed by atoms with Gasteiger partial charge in [-0.2, -0.15) is 11.3 Å². The zero-order chi connectivity index (χ0) is 14.7. The van der Waals surface area contributed by atoms with E-state index in [1.165, 1.54) is 18.4 Å². The van der Waals surface area contributed by atoms with Crippen LogP contribution in [0.3, 0.4) is 0 Å². The fraction of sp³-hybridized carbons (Fsp3) is 0.500. The summed E-state index contributed by atoms with van der Waals surface area (Å²) in [7, 11) is 0. The van der Waals surface area contributed by atoms with Gasteiger partial charge in [0.25, 0.3) is 0 Å². The smallest absolute Gasteiger partial charge is 0.148 e. The van der Waals surface area contributed by atoms with Crippen molar-refractivity contribution in [3.05, 3.63) is 40.5 Å². The predicted octanol–water partition coefficient (Wildman–Crippen LogP) is 3.21. The Morgan fingerprint density at radius 2 is 2.24 bits per heavy atom. The Hall–Kier alpha value is -1.46. The van der Waals surface area contributed by atoms with Gasteiger partial charge in [0.05, 0.1) is 11.9 Å². The molecule has 0 aliphatic heterocycles. The molecule has 0 aromatic carbocycles. The Kier molecular flexibility index (Phi) is 4.51. The molecule has 1 fully saturated rings. The van der Waals surface area contributed by atoms with Gasteiger partial charge in [-0.25, -0.2) is 4.98 Å². The van der Waals surface area contributed by atoms with E-state index in [-0.39, 0.29) is 0 Å². The van der Waals surface area contributed by atoms with Crippen molar-refractivity contribution in [2.45, 2.75) is 51.9 Å². The Bertz CT molecular complexity index is 563. The van der Waals surface area contributed by atoms with Crippen LogP contribution in [0, 0.1) is 0 Å². The summed E-state index contributed by atoms with van der Waals surface area (Å²) >= 11 is 1.75. The second kappa shape index (κ2) is 6.54. The first kappa shape index (κ1) is 14.5. The van der Waals surface area contributed by atoms with Crippen LogP contribution in [-0.2, 0) is 13.1 Å². The molecule has 0 radical (unpaired) electrons. The van der Waals surface area contributed by atoms with Gasteiger partial charge in [0.15, 0.2) is 0 Å². The first-order valence-electron chi connectivity index (χ1n) is 7.54. The van der Waals surface area contributed by atoms with E-state index in [2.05, 4.69) is 45.9 Å². The highest BCUT2D eigenvalue weighted by Gasteiger charge is 2.30. The highest BCUT2D eigenvalue weighted by Crippen LogP contribution is 2.32. The summed E-state index contributed by atoms with van der Waals surface area (Å²) in [6.07, 6.45) is 6.28. The molecule has 2 aromatic rings. The van der Waals surface area contributed by atoms with Gasteiger partial charge in [0.2, 0.25) is 0 Å². The van der Waals surface area contributed by atoms with Crippen molar-refractivity contribution in [1.29, 1.82) is 0 Å². The van der Waals surface area contributed by atoms with Gasteiger partial charge in [-0.1, -0.05) is 13.8 Å². The quantitative estimate of drug-likeness (QED) is 0.853. The van der Waals surface area contributed by atoms with Crippen molar-refractivity contribution in [2.24, 2.45) is 0 Å². The number of nitrogens with one attached hydrogen (secondary N) is 1. The summed E-state index contributed by atoms with van der Waals surface area (Å²) in [5.41, 5.74) is 2.37. The number of anilines is 1. The minimum atomic E-state index is 0.459. The standard InChI is InChI=1S/C16H22N4S/c1-12(2)18-8-14-7-17-9-16(19-14)20(15-3-4-15)10-13-5-6-21-11-13/h5-7,9,11-12,15,18H,3-4,8,10H2,1-2H3. The normalized spacial score (nSPS) is 14.6. The fourth-order valence-corrected chi connectivity index (χ4v) is 2.95. The van der Waals surface area contributed by atoms with Crippen molar-refractivity contribution < 1.29 is 0 Å². The van der Waals surface area contributed by atoms with Crippen LogP contribution in [0.1, 0.15) is 37.9 Å². The summed E-state index contributed by atoms with van der Waals surface area (Å²) in [6, 6.07) is 3.28. The van der Waals surface area contributed by atoms with Crippen LogP contribution in [0.4, 0.5) is 5.82 Å². The predicted molar refractivity (Wildman–Crippen MR) is 87.5 cm³/mol. The average molecular weight is 302 g/mol. The molecule has 4 nitrogen and oxygen atoms in total. The Labute approximate surface area is 130 Å². The van der Waals surface area contributed by atoms with E-state index in [0.29, 0.717) is 12.1 Å². The highest BCUT2D eigenvalue weighted by molar-refractivity contribution is 7.07. The molecule has 0 spiro atoms. The van der Waals surface area contributed by atoms with Crippen molar-refractivity contribution in [2.75, 3.05) is 4.90 Å². The molecule has 1 aliphatic carbocycles. The molecule has 0 amide bonds. The Morgan fingerprint density at radius 1 is 1.38 bits per heavy atom. The third-order valence-electron chi connectivity index (χ3n) is 3.58. The van der Waals surface area contributed by atoms with E-state index >= 15 is 0 Å². The van der Waals surface area contributed by atoms with Crippen molar-refractivity contribution in [1.82, 2.24) is 15.3 Å². The van der Waals surface area contributed by atoms with E-state index in [1.807, 2.05) is 12.4 Å². The summed E-state index contributed by atoms with van der Waals surface area (Å²) in [5, 5.41) is 7.75. The van der Waals surface area contributed by atoms with E-state index in [0.717, 1.165) is 24.6 Å². The number of hydrogen-bond donors (Lipinski definition) is 1. The number of thiophene rings is 1. The van der Waals surface area contributed by atoms with Crippen LogP contribution in [0.25, 0.3) is 0 Å². The topological polar surface area (TPSA) is 41.1 Å². The Morgan fingerprint density at radius 3 is 2.90 bits per heavy atom. The molecule has 2 heterocycles. The van der Waals surface area contributed by atoms with Crippen LogP contribution < -0.4 is 10.2 Å².